The van der Waals surface area contributed by atoms with Crippen molar-refractivity contribution < 1.29 is 14.1 Å². The number of para-hydroxylation sites is 1. The number of carbonyl (C=O) groups is 1. The van der Waals surface area contributed by atoms with E-state index in [0.717, 1.165) is 16.9 Å². The van der Waals surface area contributed by atoms with Gasteiger partial charge in [0.2, 0.25) is 0 Å². The van der Waals surface area contributed by atoms with E-state index in [1.165, 1.54) is 0 Å². The van der Waals surface area contributed by atoms with E-state index in [4.69, 9.17) is 20.9 Å². The topological polar surface area (TPSA) is 64.4 Å². The maximum absolute atomic E-state index is 13.0. The van der Waals surface area contributed by atoms with Crippen LogP contribution in [0.5, 0.6) is 5.75 Å². The Hall–Kier alpha value is -2.79. The molecule has 1 amide bonds. The van der Waals surface area contributed by atoms with Crippen molar-refractivity contribution in [3.05, 3.63) is 70.4 Å². The van der Waals surface area contributed by atoms with Gasteiger partial charge < -0.3 is 14.6 Å². The lowest BCUT2D eigenvalue weighted by molar-refractivity contribution is 0.0924. The lowest BCUT2D eigenvalue weighted by Crippen LogP contribution is -2.32. The number of hydrogen-bond acceptors (Lipinski definition) is 4. The number of nitrogens with one attached hydrogen (secondary N) is 1. The first kappa shape index (κ1) is 16.7. The fourth-order valence-corrected chi connectivity index (χ4v) is 3.29. The molecule has 1 N–H and O–H groups in total. The standard InChI is InChI=1S/C20H17ClN2O3/c1-12-18(19(23-26-12)13-6-8-14(21)9-7-13)20(24)22-16-10-11-25-17-5-3-2-4-15(16)17/h2-9,16H,10-11H2,1H3,(H,22,24)/t16-/m0/s1. The molecular weight excluding hydrogens is 352 g/mol. The van der Waals surface area contributed by atoms with Crippen LogP contribution in [0.15, 0.2) is 53.1 Å². The van der Waals surface area contributed by atoms with Gasteiger partial charge in [-0.3, -0.25) is 4.79 Å². The van der Waals surface area contributed by atoms with Crippen molar-refractivity contribution >= 4 is 17.5 Å². The minimum atomic E-state index is -0.213. The molecule has 5 nitrogen and oxygen atoms in total. The highest BCUT2D eigenvalue weighted by molar-refractivity contribution is 6.30. The maximum Gasteiger partial charge on any atom is 0.257 e. The molecular formula is C20H17ClN2O3. The third kappa shape index (κ3) is 3.06. The number of carbonyl (C=O) groups excluding carboxylic acids is 1. The summed E-state index contributed by atoms with van der Waals surface area (Å²) < 4.78 is 11.0. The number of hydrogen-bond donors (Lipinski definition) is 1. The number of benzene rings is 2. The SMILES string of the molecule is Cc1onc(-c2ccc(Cl)cc2)c1C(=O)N[C@H]1CCOc2ccccc21. The summed E-state index contributed by atoms with van der Waals surface area (Å²) in [5.41, 5.74) is 2.71. The molecule has 0 saturated carbocycles. The number of aromatic nitrogens is 1. The fraction of sp³-hybridized carbons (Fsp3) is 0.200. The van der Waals surface area contributed by atoms with Crippen molar-refractivity contribution in [2.45, 2.75) is 19.4 Å². The van der Waals surface area contributed by atoms with Gasteiger partial charge in [-0.15, -0.1) is 0 Å². The van der Waals surface area contributed by atoms with Crippen molar-refractivity contribution in [3.63, 3.8) is 0 Å². The van der Waals surface area contributed by atoms with E-state index in [1.807, 2.05) is 36.4 Å². The highest BCUT2D eigenvalue weighted by Gasteiger charge is 2.27. The van der Waals surface area contributed by atoms with Crippen LogP contribution in [-0.2, 0) is 0 Å². The summed E-state index contributed by atoms with van der Waals surface area (Å²) in [7, 11) is 0. The molecule has 26 heavy (non-hydrogen) atoms. The minimum Gasteiger partial charge on any atom is -0.493 e. The number of halogens is 1. The Kier molecular flexibility index (Phi) is 4.39. The molecule has 0 spiro atoms. The van der Waals surface area contributed by atoms with Crippen molar-refractivity contribution in [2.24, 2.45) is 0 Å². The van der Waals surface area contributed by atoms with Gasteiger partial charge in [-0.05, 0) is 25.1 Å². The molecule has 3 aromatic rings. The van der Waals surface area contributed by atoms with Crippen LogP contribution in [0.4, 0.5) is 0 Å². The molecule has 1 aliphatic heterocycles. The fourth-order valence-electron chi connectivity index (χ4n) is 3.17. The Balaban J connectivity index is 1.64. The summed E-state index contributed by atoms with van der Waals surface area (Å²) in [4.78, 5) is 13.0. The average Bonchev–Trinajstić information content (AvgIpc) is 3.04. The Morgan fingerprint density at radius 1 is 1.19 bits per heavy atom. The van der Waals surface area contributed by atoms with Crippen LogP contribution in [0.3, 0.4) is 0 Å². The van der Waals surface area contributed by atoms with E-state index in [1.54, 1.807) is 19.1 Å². The largest absolute Gasteiger partial charge is 0.493 e. The molecule has 0 bridgehead atoms. The van der Waals surface area contributed by atoms with Crippen LogP contribution in [0, 0.1) is 6.92 Å². The molecule has 1 aromatic heterocycles. The van der Waals surface area contributed by atoms with Gasteiger partial charge in [0.25, 0.3) is 5.91 Å². The van der Waals surface area contributed by atoms with Gasteiger partial charge in [-0.25, -0.2) is 0 Å². The number of aryl methyl sites for hydroxylation is 1. The first-order valence-corrected chi connectivity index (χ1v) is 8.76. The summed E-state index contributed by atoms with van der Waals surface area (Å²) in [6.07, 6.45) is 0.712. The summed E-state index contributed by atoms with van der Waals surface area (Å²) in [5, 5.41) is 7.79. The van der Waals surface area contributed by atoms with Gasteiger partial charge in [-0.1, -0.05) is 47.1 Å². The van der Waals surface area contributed by atoms with Gasteiger partial charge >= 0.3 is 0 Å². The van der Waals surface area contributed by atoms with Crippen molar-refractivity contribution in [1.29, 1.82) is 0 Å². The van der Waals surface area contributed by atoms with Crippen molar-refractivity contribution in [2.75, 3.05) is 6.61 Å². The Morgan fingerprint density at radius 2 is 1.96 bits per heavy atom. The second-order valence-electron chi connectivity index (χ2n) is 6.17. The molecule has 1 atom stereocenters. The predicted octanol–water partition coefficient (Wildman–Crippen LogP) is 4.56. The van der Waals surface area contributed by atoms with Crippen LogP contribution < -0.4 is 10.1 Å². The Labute approximate surface area is 155 Å². The lowest BCUT2D eigenvalue weighted by Gasteiger charge is -2.26. The normalized spacial score (nSPS) is 15.8. The van der Waals surface area contributed by atoms with Crippen LogP contribution >= 0.6 is 11.6 Å². The van der Waals surface area contributed by atoms with Gasteiger partial charge in [-0.2, -0.15) is 0 Å². The molecule has 2 aromatic carbocycles. The third-order valence-electron chi connectivity index (χ3n) is 4.47. The predicted molar refractivity (Wildman–Crippen MR) is 98.4 cm³/mol. The molecule has 1 aliphatic rings. The zero-order valence-electron chi connectivity index (χ0n) is 14.2. The summed E-state index contributed by atoms with van der Waals surface area (Å²) in [5.74, 6) is 1.08. The van der Waals surface area contributed by atoms with E-state index in [-0.39, 0.29) is 11.9 Å². The van der Waals surface area contributed by atoms with E-state index in [9.17, 15) is 4.79 Å². The molecule has 0 fully saturated rings. The zero-order valence-corrected chi connectivity index (χ0v) is 14.9. The van der Waals surface area contributed by atoms with Crippen LogP contribution in [-0.4, -0.2) is 17.7 Å². The highest BCUT2D eigenvalue weighted by Crippen LogP contribution is 2.33. The van der Waals surface area contributed by atoms with Crippen LogP contribution in [0.25, 0.3) is 11.3 Å². The van der Waals surface area contributed by atoms with Crippen molar-refractivity contribution in [1.82, 2.24) is 10.5 Å². The zero-order chi connectivity index (χ0) is 18.1. The molecule has 2 heterocycles. The van der Waals surface area contributed by atoms with E-state index < -0.39 is 0 Å². The van der Waals surface area contributed by atoms with Crippen molar-refractivity contribution in [3.8, 4) is 17.0 Å². The Bertz CT molecular complexity index is 950. The average molecular weight is 369 g/mol. The quantitative estimate of drug-likeness (QED) is 0.736. The number of nitrogens with zero attached hydrogens (tertiary/aromatic N) is 1. The first-order chi connectivity index (χ1) is 12.6. The second-order valence-corrected chi connectivity index (χ2v) is 6.61. The van der Waals surface area contributed by atoms with E-state index in [2.05, 4.69) is 10.5 Å². The monoisotopic (exact) mass is 368 g/mol. The number of ether oxygens (including phenoxy) is 1. The van der Waals surface area contributed by atoms with Crippen LogP contribution in [0.2, 0.25) is 5.02 Å². The van der Waals surface area contributed by atoms with Gasteiger partial charge in [0, 0.05) is 22.6 Å². The lowest BCUT2D eigenvalue weighted by atomic mass is 9.99. The van der Waals surface area contributed by atoms with Gasteiger partial charge in [0.1, 0.15) is 22.8 Å². The highest BCUT2D eigenvalue weighted by atomic mass is 35.5. The van der Waals surface area contributed by atoms with E-state index >= 15 is 0 Å². The third-order valence-corrected chi connectivity index (χ3v) is 4.72. The molecule has 132 valence electrons. The van der Waals surface area contributed by atoms with E-state index in [0.29, 0.717) is 35.1 Å². The smallest absolute Gasteiger partial charge is 0.257 e. The minimum absolute atomic E-state index is 0.111. The van der Waals surface area contributed by atoms with Crippen LogP contribution in [0.1, 0.15) is 34.1 Å². The van der Waals surface area contributed by atoms with Gasteiger partial charge in [0.05, 0.1) is 12.6 Å². The number of fused-ring (bicyclic) bond motifs is 1. The molecule has 0 aliphatic carbocycles. The second kappa shape index (κ2) is 6.84. The maximum atomic E-state index is 13.0. The molecule has 6 heteroatoms. The molecule has 0 radical (unpaired) electrons. The molecule has 0 unspecified atom stereocenters. The molecule has 4 rings (SSSR count). The molecule has 0 saturated heterocycles. The summed E-state index contributed by atoms with van der Waals surface area (Å²) in [6.45, 7) is 2.30. The van der Waals surface area contributed by atoms with Gasteiger partial charge in [0.15, 0.2) is 0 Å². The summed E-state index contributed by atoms with van der Waals surface area (Å²) in [6, 6.07) is 14.8. The summed E-state index contributed by atoms with van der Waals surface area (Å²) >= 11 is 5.95. The first-order valence-electron chi connectivity index (χ1n) is 8.38. The Morgan fingerprint density at radius 3 is 2.77 bits per heavy atom. The number of rotatable bonds is 3. The number of amides is 1.